The van der Waals surface area contributed by atoms with Crippen LogP contribution in [0.2, 0.25) is 0 Å². The molecule has 0 aliphatic rings. The molecule has 176 valence electrons. The summed E-state index contributed by atoms with van der Waals surface area (Å²) < 4.78 is 18.1. The van der Waals surface area contributed by atoms with Crippen LogP contribution >= 0.6 is 0 Å². The summed E-state index contributed by atoms with van der Waals surface area (Å²) in [5.41, 5.74) is 1.37. The second-order valence-corrected chi connectivity index (χ2v) is 7.61. The number of benzene rings is 1. The number of methoxy groups -OCH3 is 1. The lowest BCUT2D eigenvalue weighted by Gasteiger charge is -2.17. The highest BCUT2D eigenvalue weighted by Gasteiger charge is 2.15. The van der Waals surface area contributed by atoms with Gasteiger partial charge in [-0.05, 0) is 37.5 Å². The number of aromatic amines is 1. The van der Waals surface area contributed by atoms with Gasteiger partial charge in [0.1, 0.15) is 11.6 Å². The predicted octanol–water partition coefficient (Wildman–Crippen LogP) is 3.87. The van der Waals surface area contributed by atoms with Crippen molar-refractivity contribution in [2.45, 2.75) is 25.8 Å². The number of hydrogen-bond acceptors (Lipinski definition) is 5. The van der Waals surface area contributed by atoms with Gasteiger partial charge in [0.2, 0.25) is 0 Å². The molecular weight excluding hydrogens is 429 g/mol. The number of H-pyrrole nitrogens is 1. The maximum Gasteiger partial charge on any atom is 0.322 e. The van der Waals surface area contributed by atoms with Crippen molar-refractivity contribution in [1.82, 2.24) is 25.4 Å². The Hall–Kier alpha value is -3.73. The quantitative estimate of drug-likeness (QED) is 0.363. The second kappa shape index (κ2) is 11.2. The van der Waals surface area contributed by atoms with E-state index in [1.54, 1.807) is 44.2 Å². The minimum Gasteiger partial charge on any atom is -0.385 e. The van der Waals surface area contributed by atoms with Crippen molar-refractivity contribution in [3.05, 3.63) is 47.9 Å². The first-order valence-electron chi connectivity index (χ1n) is 10.6. The molecule has 0 aliphatic heterocycles. The Morgan fingerprint density at radius 3 is 2.70 bits per heavy atom. The molecule has 1 atom stereocenters. The van der Waals surface area contributed by atoms with Crippen molar-refractivity contribution < 1.29 is 18.7 Å². The van der Waals surface area contributed by atoms with Crippen LogP contribution in [0.5, 0.6) is 0 Å². The van der Waals surface area contributed by atoms with E-state index in [0.717, 1.165) is 18.4 Å². The molecule has 0 saturated carbocycles. The third-order valence-corrected chi connectivity index (χ3v) is 5.07. The summed E-state index contributed by atoms with van der Waals surface area (Å²) in [6.07, 6.45) is 3.22. The molecule has 11 heteroatoms. The summed E-state index contributed by atoms with van der Waals surface area (Å²) in [5.74, 6) is 0.326. The number of urea groups is 2. The Morgan fingerprint density at radius 2 is 1.97 bits per heavy atom. The molecule has 4 N–H and O–H groups in total. The number of hydrogen-bond donors (Lipinski definition) is 4. The SMILES string of the molecule is COCCCCN(C)C(=O)Nc1n[nH]c2cc(NC(=O)NC(C)c3ccc(F)cc3)ncc12. The van der Waals surface area contributed by atoms with Crippen LogP contribution in [-0.4, -0.2) is 59.5 Å². The molecule has 3 rings (SSSR count). The van der Waals surface area contributed by atoms with Crippen molar-refractivity contribution in [3.8, 4) is 0 Å². The Bertz CT molecular complexity index is 1090. The van der Waals surface area contributed by atoms with Crippen LogP contribution in [0.4, 0.5) is 25.6 Å². The largest absolute Gasteiger partial charge is 0.385 e. The van der Waals surface area contributed by atoms with Crippen LogP contribution in [0.1, 0.15) is 31.4 Å². The third kappa shape index (κ3) is 6.62. The van der Waals surface area contributed by atoms with Crippen LogP contribution in [0.3, 0.4) is 0 Å². The van der Waals surface area contributed by atoms with E-state index in [-0.39, 0.29) is 17.9 Å². The molecule has 4 amide bonds. The first-order valence-corrected chi connectivity index (χ1v) is 10.6. The van der Waals surface area contributed by atoms with Gasteiger partial charge in [-0.25, -0.2) is 19.0 Å². The maximum absolute atomic E-state index is 13.1. The minimum atomic E-state index is -0.457. The zero-order valence-electron chi connectivity index (χ0n) is 18.8. The molecule has 1 unspecified atom stereocenters. The molecule has 10 nitrogen and oxygen atoms in total. The average molecular weight is 458 g/mol. The van der Waals surface area contributed by atoms with Gasteiger partial charge in [-0.1, -0.05) is 12.1 Å². The minimum absolute atomic E-state index is 0.280. The molecule has 0 saturated heterocycles. The number of rotatable bonds is 9. The number of pyridine rings is 1. The van der Waals surface area contributed by atoms with Gasteiger partial charge in [-0.15, -0.1) is 0 Å². The monoisotopic (exact) mass is 457 g/mol. The zero-order valence-corrected chi connectivity index (χ0v) is 18.8. The molecule has 33 heavy (non-hydrogen) atoms. The highest BCUT2D eigenvalue weighted by molar-refractivity contribution is 5.99. The Labute approximate surface area is 190 Å². The van der Waals surface area contributed by atoms with Gasteiger partial charge in [-0.2, -0.15) is 5.10 Å². The van der Waals surface area contributed by atoms with E-state index in [0.29, 0.717) is 35.7 Å². The Kier molecular flexibility index (Phi) is 8.14. The fourth-order valence-electron chi connectivity index (χ4n) is 3.15. The van der Waals surface area contributed by atoms with Crippen LogP contribution < -0.4 is 16.0 Å². The first-order chi connectivity index (χ1) is 15.9. The predicted molar refractivity (Wildman–Crippen MR) is 124 cm³/mol. The number of aromatic nitrogens is 3. The van der Waals surface area contributed by atoms with E-state index in [1.165, 1.54) is 18.3 Å². The number of halogens is 1. The van der Waals surface area contributed by atoms with E-state index in [1.807, 2.05) is 0 Å². The van der Waals surface area contributed by atoms with Crippen LogP contribution in [0.15, 0.2) is 36.5 Å². The summed E-state index contributed by atoms with van der Waals surface area (Å²) in [5, 5.41) is 15.8. The van der Waals surface area contributed by atoms with Gasteiger partial charge < -0.3 is 15.0 Å². The van der Waals surface area contributed by atoms with E-state index < -0.39 is 6.03 Å². The smallest absolute Gasteiger partial charge is 0.322 e. The van der Waals surface area contributed by atoms with Crippen molar-refractivity contribution in [2.75, 3.05) is 37.9 Å². The number of amides is 4. The number of nitrogens with one attached hydrogen (secondary N) is 4. The highest BCUT2D eigenvalue weighted by Crippen LogP contribution is 2.22. The van der Waals surface area contributed by atoms with E-state index in [2.05, 4.69) is 31.1 Å². The summed E-state index contributed by atoms with van der Waals surface area (Å²) >= 11 is 0. The molecule has 2 heterocycles. The molecule has 0 fully saturated rings. The first kappa shape index (κ1) is 23.9. The average Bonchev–Trinajstić information content (AvgIpc) is 3.18. The number of unbranched alkanes of at least 4 members (excludes halogenated alkanes) is 1. The number of carbonyl (C=O) groups is 2. The number of fused-ring (bicyclic) bond motifs is 1. The van der Waals surface area contributed by atoms with Gasteiger partial charge in [0.25, 0.3) is 0 Å². The molecule has 0 radical (unpaired) electrons. The van der Waals surface area contributed by atoms with E-state index >= 15 is 0 Å². The van der Waals surface area contributed by atoms with Crippen LogP contribution in [0, 0.1) is 5.82 Å². The van der Waals surface area contributed by atoms with Crippen molar-refractivity contribution in [2.24, 2.45) is 0 Å². The molecule has 0 aliphatic carbocycles. The van der Waals surface area contributed by atoms with Gasteiger partial charge in [0.05, 0.1) is 16.9 Å². The molecule has 3 aromatic rings. The molecule has 0 spiro atoms. The van der Waals surface area contributed by atoms with E-state index in [9.17, 15) is 14.0 Å². The Morgan fingerprint density at radius 1 is 1.21 bits per heavy atom. The zero-order chi connectivity index (χ0) is 23.8. The lowest BCUT2D eigenvalue weighted by molar-refractivity contribution is 0.186. The van der Waals surface area contributed by atoms with Crippen LogP contribution in [0.25, 0.3) is 10.9 Å². The molecule has 2 aromatic heterocycles. The van der Waals surface area contributed by atoms with Crippen molar-refractivity contribution in [1.29, 1.82) is 0 Å². The van der Waals surface area contributed by atoms with Gasteiger partial charge >= 0.3 is 12.1 Å². The number of ether oxygens (including phenoxy) is 1. The highest BCUT2D eigenvalue weighted by atomic mass is 19.1. The topological polar surface area (TPSA) is 124 Å². The fraction of sp³-hybridized carbons (Fsp3) is 0.364. The number of anilines is 2. The number of nitrogens with zero attached hydrogens (tertiary/aromatic N) is 3. The standard InChI is InChI=1S/C22H28FN7O3/c1-14(15-6-8-16(23)9-7-15)25-21(31)26-19-12-18-17(13-24-19)20(29-28-18)27-22(32)30(2)10-4-5-11-33-3/h6-9,12-14H,4-5,10-11H2,1-3H3,(H2,24,25,26,31)(H2,27,28,29,32). The third-order valence-electron chi connectivity index (χ3n) is 5.07. The Balaban J connectivity index is 1.57. The summed E-state index contributed by atoms with van der Waals surface area (Å²) in [6, 6.07) is 6.47. The normalized spacial score (nSPS) is 11.8. The van der Waals surface area contributed by atoms with E-state index in [4.69, 9.17) is 4.74 Å². The van der Waals surface area contributed by atoms with Crippen molar-refractivity contribution >= 4 is 34.6 Å². The lowest BCUT2D eigenvalue weighted by atomic mass is 10.1. The lowest BCUT2D eigenvalue weighted by Crippen LogP contribution is -2.32. The molecule has 1 aromatic carbocycles. The number of carbonyl (C=O) groups excluding carboxylic acids is 2. The summed E-state index contributed by atoms with van der Waals surface area (Å²) in [6.45, 7) is 3.04. The van der Waals surface area contributed by atoms with Crippen molar-refractivity contribution in [3.63, 3.8) is 0 Å². The van der Waals surface area contributed by atoms with Gasteiger partial charge in [-0.3, -0.25) is 15.7 Å². The summed E-state index contributed by atoms with van der Waals surface area (Å²) in [4.78, 5) is 30.5. The van der Waals surface area contributed by atoms with Gasteiger partial charge in [0, 0.05) is 39.6 Å². The summed E-state index contributed by atoms with van der Waals surface area (Å²) in [7, 11) is 3.36. The molecule has 0 bridgehead atoms. The molecular formula is C22H28FN7O3. The van der Waals surface area contributed by atoms with Crippen LogP contribution in [-0.2, 0) is 4.74 Å². The maximum atomic E-state index is 13.1. The van der Waals surface area contributed by atoms with Gasteiger partial charge in [0.15, 0.2) is 5.82 Å². The fourth-order valence-corrected chi connectivity index (χ4v) is 3.15. The second-order valence-electron chi connectivity index (χ2n) is 7.61.